The van der Waals surface area contributed by atoms with Gasteiger partial charge in [-0.3, -0.25) is 4.79 Å². The summed E-state index contributed by atoms with van der Waals surface area (Å²) in [6, 6.07) is 2.16. The SMILES string of the molecule is CC1(C)Cc2nc3sc4c(SCC(=O)N5CCOCC5)ncnc4c3cc2CO1. The quantitative estimate of drug-likeness (QED) is 0.467. The summed E-state index contributed by atoms with van der Waals surface area (Å²) in [7, 11) is 0. The van der Waals surface area contributed by atoms with Gasteiger partial charge in [0, 0.05) is 30.5 Å². The number of carbonyl (C=O) groups is 1. The number of pyridine rings is 1. The van der Waals surface area contributed by atoms with E-state index in [9.17, 15) is 4.79 Å². The molecule has 0 aromatic carbocycles. The maximum absolute atomic E-state index is 12.5. The van der Waals surface area contributed by atoms with Gasteiger partial charge in [-0.05, 0) is 19.9 Å². The number of hydrogen-bond donors (Lipinski definition) is 0. The molecule has 0 bridgehead atoms. The molecule has 0 N–H and O–H groups in total. The third kappa shape index (κ3) is 3.72. The molecule has 0 unspecified atom stereocenters. The molecular weight excluding hydrogens is 408 g/mol. The van der Waals surface area contributed by atoms with Crippen molar-refractivity contribution in [1.82, 2.24) is 19.9 Å². The number of amides is 1. The minimum Gasteiger partial charge on any atom is -0.378 e. The van der Waals surface area contributed by atoms with E-state index in [4.69, 9.17) is 14.5 Å². The zero-order valence-corrected chi connectivity index (χ0v) is 18.1. The number of thioether (sulfide) groups is 1. The average molecular weight is 431 g/mol. The number of carbonyl (C=O) groups excluding carboxylic acids is 1. The molecule has 5 heterocycles. The van der Waals surface area contributed by atoms with Gasteiger partial charge in [-0.25, -0.2) is 15.0 Å². The summed E-state index contributed by atoms with van der Waals surface area (Å²) in [6.07, 6.45) is 2.38. The molecule has 0 aliphatic carbocycles. The van der Waals surface area contributed by atoms with Crippen molar-refractivity contribution in [1.29, 1.82) is 0 Å². The van der Waals surface area contributed by atoms with Crippen LogP contribution in [0.2, 0.25) is 0 Å². The van der Waals surface area contributed by atoms with Crippen molar-refractivity contribution < 1.29 is 14.3 Å². The van der Waals surface area contributed by atoms with Gasteiger partial charge in [0.15, 0.2) is 0 Å². The molecule has 0 radical (unpaired) electrons. The van der Waals surface area contributed by atoms with Crippen LogP contribution in [-0.4, -0.2) is 63.4 Å². The molecule has 1 amide bonds. The fourth-order valence-corrected chi connectivity index (χ4v) is 5.81. The fraction of sp³-hybridized carbons (Fsp3) is 0.500. The van der Waals surface area contributed by atoms with Crippen LogP contribution in [0.4, 0.5) is 0 Å². The van der Waals surface area contributed by atoms with Crippen molar-refractivity contribution in [2.45, 2.75) is 37.5 Å². The van der Waals surface area contributed by atoms with Gasteiger partial charge < -0.3 is 14.4 Å². The normalized spacial score (nSPS) is 18.9. The number of thiophene rings is 1. The van der Waals surface area contributed by atoms with Crippen LogP contribution in [0.5, 0.6) is 0 Å². The first-order valence-corrected chi connectivity index (χ1v) is 11.5. The lowest BCUT2D eigenvalue weighted by molar-refractivity contribution is -0.132. The summed E-state index contributed by atoms with van der Waals surface area (Å²) in [4.78, 5) is 29.2. The molecule has 0 atom stereocenters. The maximum Gasteiger partial charge on any atom is 0.233 e. The van der Waals surface area contributed by atoms with Gasteiger partial charge in [0.05, 0.1) is 47.1 Å². The fourth-order valence-electron chi connectivity index (χ4n) is 3.70. The Bertz CT molecular complexity index is 1090. The number of fused-ring (bicyclic) bond motifs is 4. The molecule has 2 aliphatic rings. The van der Waals surface area contributed by atoms with E-state index < -0.39 is 0 Å². The lowest BCUT2D eigenvalue weighted by atomic mass is 9.95. The Morgan fingerprint density at radius 1 is 1.31 bits per heavy atom. The van der Waals surface area contributed by atoms with E-state index in [1.54, 1.807) is 17.7 Å². The first kappa shape index (κ1) is 19.2. The molecule has 29 heavy (non-hydrogen) atoms. The van der Waals surface area contributed by atoms with Gasteiger partial charge in [0.25, 0.3) is 0 Å². The van der Waals surface area contributed by atoms with Crippen LogP contribution in [0.25, 0.3) is 20.4 Å². The highest BCUT2D eigenvalue weighted by Gasteiger charge is 2.28. The van der Waals surface area contributed by atoms with Crippen LogP contribution >= 0.6 is 23.1 Å². The lowest BCUT2D eigenvalue weighted by Gasteiger charge is -2.30. The van der Waals surface area contributed by atoms with Crippen molar-refractivity contribution in [2.24, 2.45) is 0 Å². The van der Waals surface area contributed by atoms with Crippen LogP contribution in [-0.2, 0) is 27.3 Å². The highest BCUT2D eigenvalue weighted by atomic mass is 32.2. The van der Waals surface area contributed by atoms with E-state index >= 15 is 0 Å². The summed E-state index contributed by atoms with van der Waals surface area (Å²) >= 11 is 3.08. The molecule has 0 spiro atoms. The molecule has 0 saturated carbocycles. The van der Waals surface area contributed by atoms with Crippen molar-refractivity contribution in [3.63, 3.8) is 0 Å². The smallest absolute Gasteiger partial charge is 0.233 e. The Balaban J connectivity index is 1.45. The summed E-state index contributed by atoms with van der Waals surface area (Å²) in [5.41, 5.74) is 2.95. The first-order chi connectivity index (χ1) is 14.0. The van der Waals surface area contributed by atoms with Crippen LogP contribution in [0.1, 0.15) is 25.1 Å². The van der Waals surface area contributed by atoms with Gasteiger partial charge >= 0.3 is 0 Å². The largest absolute Gasteiger partial charge is 0.378 e. The second-order valence-electron chi connectivity index (χ2n) is 7.91. The van der Waals surface area contributed by atoms with Crippen LogP contribution in [0.15, 0.2) is 17.4 Å². The summed E-state index contributed by atoms with van der Waals surface area (Å²) in [5.74, 6) is 0.492. The molecule has 3 aromatic heterocycles. The summed E-state index contributed by atoms with van der Waals surface area (Å²) in [6.45, 7) is 7.31. The topological polar surface area (TPSA) is 77.4 Å². The molecular formula is C20H22N4O3S2. The van der Waals surface area contributed by atoms with Crippen molar-refractivity contribution >= 4 is 49.4 Å². The number of aromatic nitrogens is 3. The molecule has 9 heteroatoms. The first-order valence-electron chi connectivity index (χ1n) is 9.68. The van der Waals surface area contributed by atoms with Gasteiger partial charge in [-0.1, -0.05) is 11.8 Å². The Morgan fingerprint density at radius 2 is 2.14 bits per heavy atom. The Morgan fingerprint density at radius 3 is 2.97 bits per heavy atom. The Kier molecular flexibility index (Phi) is 4.93. The molecule has 7 nitrogen and oxygen atoms in total. The van der Waals surface area contributed by atoms with E-state index in [-0.39, 0.29) is 11.5 Å². The zero-order valence-electron chi connectivity index (χ0n) is 16.4. The van der Waals surface area contributed by atoms with Crippen molar-refractivity contribution in [3.8, 4) is 0 Å². The molecule has 1 fully saturated rings. The molecule has 1 saturated heterocycles. The van der Waals surface area contributed by atoms with Crippen molar-refractivity contribution in [3.05, 3.63) is 23.7 Å². The van der Waals surface area contributed by atoms with Gasteiger partial charge in [0.1, 0.15) is 16.2 Å². The maximum atomic E-state index is 12.5. The number of hydrogen-bond acceptors (Lipinski definition) is 8. The van der Waals surface area contributed by atoms with E-state index in [1.165, 1.54) is 11.8 Å². The minimum absolute atomic E-state index is 0.124. The van der Waals surface area contributed by atoms with Gasteiger partial charge in [-0.15, -0.1) is 11.3 Å². The summed E-state index contributed by atoms with van der Waals surface area (Å²) in [5, 5.41) is 1.88. The van der Waals surface area contributed by atoms with E-state index in [0.717, 1.165) is 43.1 Å². The number of ether oxygens (including phenoxy) is 2. The van der Waals surface area contributed by atoms with Gasteiger partial charge in [-0.2, -0.15) is 0 Å². The average Bonchev–Trinajstić information content (AvgIpc) is 3.08. The van der Waals surface area contributed by atoms with Crippen LogP contribution in [0, 0.1) is 0 Å². The molecule has 5 rings (SSSR count). The second-order valence-corrected chi connectivity index (χ2v) is 9.88. The van der Waals surface area contributed by atoms with Crippen molar-refractivity contribution in [2.75, 3.05) is 32.1 Å². The Labute approximate surface area is 176 Å². The number of morpholine rings is 1. The highest BCUT2D eigenvalue weighted by Crippen LogP contribution is 2.38. The van der Waals surface area contributed by atoms with E-state index in [0.29, 0.717) is 38.7 Å². The molecule has 3 aromatic rings. The third-order valence-electron chi connectivity index (χ3n) is 5.29. The Hall–Kier alpha value is -1.81. The monoisotopic (exact) mass is 430 g/mol. The minimum atomic E-state index is -0.189. The molecule has 152 valence electrons. The zero-order chi connectivity index (χ0) is 20.0. The number of rotatable bonds is 3. The van der Waals surface area contributed by atoms with E-state index in [2.05, 4.69) is 29.9 Å². The van der Waals surface area contributed by atoms with E-state index in [1.807, 2.05) is 4.90 Å². The predicted molar refractivity (Wildman–Crippen MR) is 113 cm³/mol. The van der Waals surface area contributed by atoms with Crippen LogP contribution < -0.4 is 0 Å². The van der Waals surface area contributed by atoms with Crippen LogP contribution in [0.3, 0.4) is 0 Å². The number of nitrogens with zero attached hydrogens (tertiary/aromatic N) is 4. The lowest BCUT2D eigenvalue weighted by Crippen LogP contribution is -2.41. The molecule has 2 aliphatic heterocycles. The second kappa shape index (κ2) is 7.46. The standard InChI is InChI=1S/C20H22N4O3S2/c1-20(2)8-14-12(9-27-20)7-13-16-17(29-18(13)23-14)19(22-11-21-16)28-10-15(25)24-3-5-26-6-4-24/h7,11H,3-6,8-10H2,1-2H3. The van der Waals surface area contributed by atoms with Gasteiger partial charge in [0.2, 0.25) is 5.91 Å². The predicted octanol–water partition coefficient (Wildman–Crippen LogP) is 3.04. The highest BCUT2D eigenvalue weighted by molar-refractivity contribution is 8.00. The summed E-state index contributed by atoms with van der Waals surface area (Å²) < 4.78 is 12.3. The third-order valence-corrected chi connectivity index (χ3v) is 7.49.